The zero-order valence-corrected chi connectivity index (χ0v) is 11.5. The van der Waals surface area contributed by atoms with Crippen molar-refractivity contribution in [1.82, 2.24) is 0 Å². The van der Waals surface area contributed by atoms with Crippen molar-refractivity contribution in [3.05, 3.63) is 60.2 Å². The SMILES string of the molecule is COc1cccc(NC(C#N)CCc2ccccc2)c1. The molecule has 2 aromatic rings. The molecule has 0 aliphatic rings. The number of aryl methyl sites for hydroxylation is 1. The third-order valence-corrected chi connectivity index (χ3v) is 3.13. The summed E-state index contributed by atoms with van der Waals surface area (Å²) in [5, 5.41) is 12.5. The van der Waals surface area contributed by atoms with Gasteiger partial charge in [-0.1, -0.05) is 36.4 Å². The van der Waals surface area contributed by atoms with Crippen molar-refractivity contribution < 1.29 is 4.74 Å². The van der Waals surface area contributed by atoms with Crippen LogP contribution in [0.4, 0.5) is 5.69 Å². The summed E-state index contributed by atoms with van der Waals surface area (Å²) in [4.78, 5) is 0. The maximum absolute atomic E-state index is 9.25. The topological polar surface area (TPSA) is 45.0 Å². The van der Waals surface area contributed by atoms with Gasteiger partial charge in [-0.2, -0.15) is 5.26 Å². The largest absolute Gasteiger partial charge is 0.497 e. The Kier molecular flexibility index (Phi) is 5.02. The number of methoxy groups -OCH3 is 1. The molecule has 3 heteroatoms. The summed E-state index contributed by atoms with van der Waals surface area (Å²) in [6, 6.07) is 19.9. The van der Waals surface area contributed by atoms with Crippen molar-refractivity contribution in [2.75, 3.05) is 12.4 Å². The van der Waals surface area contributed by atoms with Gasteiger partial charge in [-0.15, -0.1) is 0 Å². The molecule has 2 aromatic carbocycles. The zero-order valence-electron chi connectivity index (χ0n) is 11.5. The monoisotopic (exact) mass is 266 g/mol. The Morgan fingerprint density at radius 1 is 1.15 bits per heavy atom. The van der Waals surface area contributed by atoms with E-state index in [9.17, 15) is 5.26 Å². The van der Waals surface area contributed by atoms with Gasteiger partial charge in [0.15, 0.2) is 0 Å². The van der Waals surface area contributed by atoms with Crippen molar-refractivity contribution in [3.8, 4) is 11.8 Å². The first kappa shape index (κ1) is 14.0. The Balaban J connectivity index is 1.94. The van der Waals surface area contributed by atoms with E-state index in [-0.39, 0.29) is 6.04 Å². The van der Waals surface area contributed by atoms with Crippen LogP contribution in [-0.4, -0.2) is 13.2 Å². The van der Waals surface area contributed by atoms with Crippen LogP contribution in [0.3, 0.4) is 0 Å². The Hall–Kier alpha value is -2.47. The molecular weight excluding hydrogens is 248 g/mol. The summed E-state index contributed by atoms with van der Waals surface area (Å²) in [5.74, 6) is 0.787. The zero-order chi connectivity index (χ0) is 14.2. The Labute approximate surface area is 119 Å². The van der Waals surface area contributed by atoms with Gasteiger partial charge >= 0.3 is 0 Å². The fourth-order valence-corrected chi connectivity index (χ4v) is 2.04. The van der Waals surface area contributed by atoms with Crippen LogP contribution < -0.4 is 10.1 Å². The molecule has 1 N–H and O–H groups in total. The first-order chi connectivity index (χ1) is 9.81. The highest BCUT2D eigenvalue weighted by Crippen LogP contribution is 2.18. The molecule has 0 saturated heterocycles. The smallest absolute Gasteiger partial charge is 0.120 e. The van der Waals surface area contributed by atoms with Crippen LogP contribution in [0.5, 0.6) is 5.75 Å². The Morgan fingerprint density at radius 2 is 1.95 bits per heavy atom. The molecule has 0 aliphatic carbocycles. The van der Waals surface area contributed by atoms with Gasteiger partial charge in [-0.3, -0.25) is 0 Å². The molecule has 0 fully saturated rings. The van der Waals surface area contributed by atoms with E-state index < -0.39 is 0 Å². The van der Waals surface area contributed by atoms with Gasteiger partial charge in [-0.05, 0) is 30.5 Å². The lowest BCUT2D eigenvalue weighted by atomic mass is 10.1. The van der Waals surface area contributed by atoms with Crippen molar-refractivity contribution in [3.63, 3.8) is 0 Å². The molecule has 1 unspecified atom stereocenters. The highest BCUT2D eigenvalue weighted by Gasteiger charge is 2.07. The molecule has 0 bridgehead atoms. The number of benzene rings is 2. The summed E-state index contributed by atoms with van der Waals surface area (Å²) in [6.07, 6.45) is 1.66. The first-order valence-corrected chi connectivity index (χ1v) is 6.66. The summed E-state index contributed by atoms with van der Waals surface area (Å²) in [6.45, 7) is 0. The van der Waals surface area contributed by atoms with E-state index in [0.717, 1.165) is 24.3 Å². The van der Waals surface area contributed by atoms with Crippen LogP contribution in [0, 0.1) is 11.3 Å². The Bertz CT molecular complexity index is 575. The average molecular weight is 266 g/mol. The molecule has 0 aromatic heterocycles. The lowest BCUT2D eigenvalue weighted by molar-refractivity contribution is 0.415. The summed E-state index contributed by atoms with van der Waals surface area (Å²) < 4.78 is 5.18. The number of rotatable bonds is 6. The highest BCUT2D eigenvalue weighted by molar-refractivity contribution is 5.49. The predicted molar refractivity (Wildman–Crippen MR) is 80.8 cm³/mol. The van der Waals surface area contributed by atoms with Crippen LogP contribution in [0.2, 0.25) is 0 Å². The fourth-order valence-electron chi connectivity index (χ4n) is 2.04. The van der Waals surface area contributed by atoms with Crippen LogP contribution >= 0.6 is 0 Å². The maximum Gasteiger partial charge on any atom is 0.120 e. The lowest BCUT2D eigenvalue weighted by Gasteiger charge is -2.13. The van der Waals surface area contributed by atoms with Crippen molar-refractivity contribution >= 4 is 5.69 Å². The predicted octanol–water partition coefficient (Wildman–Crippen LogP) is 3.63. The molecule has 102 valence electrons. The number of hydrogen-bond donors (Lipinski definition) is 1. The first-order valence-electron chi connectivity index (χ1n) is 6.66. The van der Waals surface area contributed by atoms with E-state index in [1.807, 2.05) is 42.5 Å². The van der Waals surface area contributed by atoms with Gasteiger partial charge in [0, 0.05) is 11.8 Å². The van der Waals surface area contributed by atoms with E-state index in [1.54, 1.807) is 7.11 Å². The standard InChI is InChI=1S/C17H18N2O/c1-20-17-9-5-8-15(12-17)19-16(13-18)11-10-14-6-3-2-4-7-14/h2-9,12,16,19H,10-11H2,1H3. The van der Waals surface area contributed by atoms with Crippen LogP contribution in [0.1, 0.15) is 12.0 Å². The number of nitriles is 1. The third-order valence-electron chi connectivity index (χ3n) is 3.13. The molecule has 0 spiro atoms. The van der Waals surface area contributed by atoms with Crippen LogP contribution in [-0.2, 0) is 6.42 Å². The third kappa shape index (κ3) is 4.03. The number of anilines is 1. The lowest BCUT2D eigenvalue weighted by Crippen LogP contribution is -2.18. The quantitative estimate of drug-likeness (QED) is 0.868. The number of ether oxygens (including phenoxy) is 1. The van der Waals surface area contributed by atoms with Gasteiger partial charge in [0.25, 0.3) is 0 Å². The van der Waals surface area contributed by atoms with Gasteiger partial charge in [0.05, 0.1) is 13.2 Å². The van der Waals surface area contributed by atoms with Gasteiger partial charge in [0.1, 0.15) is 11.8 Å². The second-order valence-corrected chi connectivity index (χ2v) is 4.58. The minimum Gasteiger partial charge on any atom is -0.497 e. The summed E-state index contributed by atoms with van der Waals surface area (Å²) >= 11 is 0. The second-order valence-electron chi connectivity index (χ2n) is 4.58. The van der Waals surface area contributed by atoms with Gasteiger partial charge in [-0.25, -0.2) is 0 Å². The number of nitrogens with zero attached hydrogens (tertiary/aromatic N) is 1. The molecule has 0 radical (unpaired) electrons. The number of nitrogens with one attached hydrogen (secondary N) is 1. The van der Waals surface area contributed by atoms with Crippen molar-refractivity contribution in [2.24, 2.45) is 0 Å². The molecule has 2 rings (SSSR count). The fraction of sp³-hybridized carbons (Fsp3) is 0.235. The molecule has 0 amide bonds. The molecule has 0 saturated carbocycles. The molecule has 0 heterocycles. The molecular formula is C17H18N2O. The summed E-state index contributed by atoms with van der Waals surface area (Å²) in [7, 11) is 1.64. The second kappa shape index (κ2) is 7.20. The van der Waals surface area contributed by atoms with E-state index >= 15 is 0 Å². The van der Waals surface area contributed by atoms with Gasteiger partial charge < -0.3 is 10.1 Å². The molecule has 3 nitrogen and oxygen atoms in total. The number of hydrogen-bond acceptors (Lipinski definition) is 3. The van der Waals surface area contributed by atoms with Crippen LogP contribution in [0.25, 0.3) is 0 Å². The van der Waals surface area contributed by atoms with Gasteiger partial charge in [0.2, 0.25) is 0 Å². The molecule has 1 atom stereocenters. The van der Waals surface area contributed by atoms with E-state index in [0.29, 0.717) is 0 Å². The Morgan fingerprint density at radius 3 is 2.65 bits per heavy atom. The van der Waals surface area contributed by atoms with Crippen LogP contribution in [0.15, 0.2) is 54.6 Å². The summed E-state index contributed by atoms with van der Waals surface area (Å²) in [5.41, 5.74) is 2.16. The normalized spacial score (nSPS) is 11.4. The van der Waals surface area contributed by atoms with Crippen molar-refractivity contribution in [2.45, 2.75) is 18.9 Å². The minimum absolute atomic E-state index is 0.206. The van der Waals surface area contributed by atoms with E-state index in [1.165, 1.54) is 5.56 Å². The molecule has 0 aliphatic heterocycles. The highest BCUT2D eigenvalue weighted by atomic mass is 16.5. The van der Waals surface area contributed by atoms with E-state index in [4.69, 9.17) is 4.74 Å². The molecule has 20 heavy (non-hydrogen) atoms. The average Bonchev–Trinajstić information content (AvgIpc) is 2.52. The maximum atomic E-state index is 9.25. The van der Waals surface area contributed by atoms with Crippen molar-refractivity contribution in [1.29, 1.82) is 5.26 Å². The minimum atomic E-state index is -0.206. The van der Waals surface area contributed by atoms with E-state index in [2.05, 4.69) is 23.5 Å².